The Morgan fingerprint density at radius 1 is 1.60 bits per heavy atom. The monoisotopic (exact) mass is 207 g/mol. The van der Waals surface area contributed by atoms with E-state index < -0.39 is 22.1 Å². The van der Waals surface area contributed by atoms with Gasteiger partial charge in [-0.25, -0.2) is 4.79 Å². The topological polar surface area (TPSA) is 130 Å². The fraction of sp³-hybridized carbons (Fsp3) is 0. The van der Waals surface area contributed by atoms with E-state index in [1.165, 1.54) is 0 Å². The lowest BCUT2D eigenvalue weighted by atomic mass is 10.1. The number of nitriles is 1. The van der Waals surface area contributed by atoms with Crippen molar-refractivity contribution in [3.8, 4) is 6.07 Å². The molecule has 1 rings (SSSR count). The van der Waals surface area contributed by atoms with E-state index in [4.69, 9.17) is 16.1 Å². The lowest BCUT2D eigenvalue weighted by molar-refractivity contribution is -0.384. The SMILES string of the molecule is N#Cc1c(N)cc([N+](=O)[O-])cc1C(=O)O. The number of hydrogen-bond acceptors (Lipinski definition) is 5. The number of aromatic carboxylic acids is 1. The van der Waals surface area contributed by atoms with E-state index in [0.717, 1.165) is 12.1 Å². The van der Waals surface area contributed by atoms with E-state index in [1.807, 2.05) is 0 Å². The lowest BCUT2D eigenvalue weighted by Gasteiger charge is -2.01. The van der Waals surface area contributed by atoms with Crippen LogP contribution in [-0.4, -0.2) is 16.0 Å². The average Bonchev–Trinajstić information content (AvgIpc) is 2.16. The number of carbonyl (C=O) groups is 1. The number of nitro groups is 1. The van der Waals surface area contributed by atoms with Gasteiger partial charge in [0.1, 0.15) is 6.07 Å². The van der Waals surface area contributed by atoms with Crippen LogP contribution in [0.2, 0.25) is 0 Å². The number of carboxylic acids is 1. The van der Waals surface area contributed by atoms with Crippen molar-refractivity contribution in [2.24, 2.45) is 0 Å². The predicted molar refractivity (Wildman–Crippen MR) is 49.2 cm³/mol. The molecule has 0 amide bonds. The quantitative estimate of drug-likeness (QED) is 0.418. The molecular weight excluding hydrogens is 202 g/mol. The van der Waals surface area contributed by atoms with Crippen LogP contribution >= 0.6 is 0 Å². The maximum absolute atomic E-state index is 10.7. The van der Waals surface area contributed by atoms with Gasteiger partial charge in [0, 0.05) is 12.1 Å². The number of carboxylic acid groups (broad SMARTS) is 1. The first-order chi connectivity index (χ1) is 6.97. The van der Waals surface area contributed by atoms with Crippen LogP contribution in [0.4, 0.5) is 11.4 Å². The molecule has 0 aromatic heterocycles. The summed E-state index contributed by atoms with van der Waals surface area (Å²) in [5.41, 5.74) is 3.91. The van der Waals surface area contributed by atoms with Crippen molar-refractivity contribution in [2.75, 3.05) is 5.73 Å². The average molecular weight is 207 g/mol. The first-order valence-corrected chi connectivity index (χ1v) is 3.68. The summed E-state index contributed by atoms with van der Waals surface area (Å²) in [4.78, 5) is 20.3. The summed E-state index contributed by atoms with van der Waals surface area (Å²) in [7, 11) is 0. The molecule has 0 bridgehead atoms. The second-order valence-electron chi connectivity index (χ2n) is 2.63. The Hall–Kier alpha value is -2.62. The summed E-state index contributed by atoms with van der Waals surface area (Å²) in [6.45, 7) is 0. The Morgan fingerprint density at radius 2 is 2.20 bits per heavy atom. The van der Waals surface area contributed by atoms with E-state index >= 15 is 0 Å². The summed E-state index contributed by atoms with van der Waals surface area (Å²) < 4.78 is 0. The smallest absolute Gasteiger partial charge is 0.337 e. The molecule has 76 valence electrons. The van der Waals surface area contributed by atoms with E-state index in [0.29, 0.717) is 0 Å². The van der Waals surface area contributed by atoms with Crippen LogP contribution in [0.25, 0.3) is 0 Å². The summed E-state index contributed by atoms with van der Waals surface area (Å²) in [6, 6.07) is 3.34. The first-order valence-electron chi connectivity index (χ1n) is 3.68. The Labute approximate surface area is 83.5 Å². The van der Waals surface area contributed by atoms with Crippen LogP contribution in [-0.2, 0) is 0 Å². The van der Waals surface area contributed by atoms with E-state index in [9.17, 15) is 14.9 Å². The van der Waals surface area contributed by atoms with Gasteiger partial charge in [-0.15, -0.1) is 0 Å². The number of anilines is 1. The molecule has 0 aliphatic heterocycles. The molecule has 1 aromatic rings. The van der Waals surface area contributed by atoms with Crippen LogP contribution in [0.1, 0.15) is 15.9 Å². The van der Waals surface area contributed by atoms with Gasteiger partial charge in [-0.05, 0) is 0 Å². The first kappa shape index (κ1) is 10.5. The largest absolute Gasteiger partial charge is 0.478 e. The lowest BCUT2D eigenvalue weighted by Crippen LogP contribution is -2.05. The van der Waals surface area contributed by atoms with Crippen LogP contribution < -0.4 is 5.73 Å². The van der Waals surface area contributed by atoms with Gasteiger partial charge in [0.25, 0.3) is 5.69 Å². The van der Waals surface area contributed by atoms with Crippen molar-refractivity contribution in [1.29, 1.82) is 5.26 Å². The molecule has 0 radical (unpaired) electrons. The fourth-order valence-electron chi connectivity index (χ4n) is 1.05. The van der Waals surface area contributed by atoms with Crippen molar-refractivity contribution in [3.05, 3.63) is 33.4 Å². The molecule has 0 saturated carbocycles. The zero-order valence-corrected chi connectivity index (χ0v) is 7.30. The zero-order chi connectivity index (χ0) is 11.6. The van der Waals surface area contributed by atoms with Crippen molar-refractivity contribution in [2.45, 2.75) is 0 Å². The number of hydrogen-bond donors (Lipinski definition) is 2. The van der Waals surface area contributed by atoms with Crippen molar-refractivity contribution < 1.29 is 14.8 Å². The van der Waals surface area contributed by atoms with Crippen molar-refractivity contribution in [1.82, 2.24) is 0 Å². The van der Waals surface area contributed by atoms with Crippen LogP contribution in [0.15, 0.2) is 12.1 Å². The maximum Gasteiger partial charge on any atom is 0.337 e. The fourth-order valence-corrected chi connectivity index (χ4v) is 1.05. The van der Waals surface area contributed by atoms with Crippen LogP contribution in [0.5, 0.6) is 0 Å². The van der Waals surface area contributed by atoms with Crippen LogP contribution in [0.3, 0.4) is 0 Å². The Balaban J connectivity index is 3.54. The highest BCUT2D eigenvalue weighted by atomic mass is 16.6. The molecule has 7 nitrogen and oxygen atoms in total. The number of benzene rings is 1. The highest BCUT2D eigenvalue weighted by Crippen LogP contribution is 2.23. The number of non-ortho nitro benzene ring substituents is 1. The van der Waals surface area contributed by atoms with Crippen molar-refractivity contribution in [3.63, 3.8) is 0 Å². The van der Waals surface area contributed by atoms with Gasteiger partial charge in [0.05, 0.1) is 21.7 Å². The molecule has 0 saturated heterocycles. The van der Waals surface area contributed by atoms with Gasteiger partial charge in [-0.3, -0.25) is 10.1 Å². The Bertz CT molecular complexity index is 489. The molecule has 0 aliphatic carbocycles. The summed E-state index contributed by atoms with van der Waals surface area (Å²) in [5.74, 6) is -1.43. The molecule has 0 heterocycles. The Morgan fingerprint density at radius 3 is 2.60 bits per heavy atom. The van der Waals surface area contributed by atoms with E-state index in [-0.39, 0.29) is 11.3 Å². The van der Waals surface area contributed by atoms with E-state index in [1.54, 1.807) is 6.07 Å². The molecule has 7 heteroatoms. The van der Waals surface area contributed by atoms with E-state index in [2.05, 4.69) is 0 Å². The minimum Gasteiger partial charge on any atom is -0.478 e. The molecule has 3 N–H and O–H groups in total. The van der Waals surface area contributed by atoms with Gasteiger partial charge in [-0.2, -0.15) is 5.26 Å². The highest BCUT2D eigenvalue weighted by molar-refractivity contribution is 5.93. The standard InChI is InChI=1S/C8H5N3O4/c9-3-6-5(8(12)13)1-4(11(14)15)2-7(6)10/h1-2H,10H2,(H,12,13). The molecule has 15 heavy (non-hydrogen) atoms. The van der Waals surface area contributed by atoms with Gasteiger partial charge in [-0.1, -0.05) is 0 Å². The molecule has 0 fully saturated rings. The van der Waals surface area contributed by atoms with Gasteiger partial charge in [0.2, 0.25) is 0 Å². The number of nitrogens with zero attached hydrogens (tertiary/aromatic N) is 2. The number of nitrogens with two attached hydrogens (primary N) is 1. The predicted octanol–water partition coefficient (Wildman–Crippen LogP) is 0.747. The Kier molecular flexibility index (Phi) is 2.53. The molecule has 0 aliphatic rings. The number of rotatable bonds is 2. The molecular formula is C8H5N3O4. The molecule has 0 unspecified atom stereocenters. The zero-order valence-electron chi connectivity index (χ0n) is 7.30. The van der Waals surface area contributed by atoms with Gasteiger partial charge in [0.15, 0.2) is 0 Å². The van der Waals surface area contributed by atoms with Crippen molar-refractivity contribution >= 4 is 17.3 Å². The minimum atomic E-state index is -1.43. The third-order valence-corrected chi connectivity index (χ3v) is 1.71. The molecule has 0 atom stereocenters. The van der Waals surface area contributed by atoms with Gasteiger partial charge >= 0.3 is 5.97 Å². The van der Waals surface area contributed by atoms with Gasteiger partial charge < -0.3 is 10.8 Å². The highest BCUT2D eigenvalue weighted by Gasteiger charge is 2.19. The number of nitrogen functional groups attached to an aromatic ring is 1. The molecule has 0 spiro atoms. The normalized spacial score (nSPS) is 9.27. The second-order valence-corrected chi connectivity index (χ2v) is 2.63. The summed E-state index contributed by atoms with van der Waals surface area (Å²) in [5, 5.41) is 27.7. The maximum atomic E-state index is 10.7. The summed E-state index contributed by atoms with van der Waals surface area (Å²) >= 11 is 0. The second kappa shape index (κ2) is 3.63. The molecule has 1 aromatic carbocycles. The third kappa shape index (κ3) is 1.83. The minimum absolute atomic E-state index is 0.218. The summed E-state index contributed by atoms with van der Waals surface area (Å²) in [6.07, 6.45) is 0. The number of nitro benzene ring substituents is 1. The van der Waals surface area contributed by atoms with Crippen LogP contribution in [0, 0.1) is 21.4 Å². The third-order valence-electron chi connectivity index (χ3n) is 1.71.